The summed E-state index contributed by atoms with van der Waals surface area (Å²) in [7, 11) is 0. The summed E-state index contributed by atoms with van der Waals surface area (Å²) in [5, 5.41) is 14.1. The molecule has 0 fully saturated rings. The predicted molar refractivity (Wildman–Crippen MR) is 110 cm³/mol. The van der Waals surface area contributed by atoms with Gasteiger partial charge < -0.3 is 21.1 Å². The molecule has 0 aromatic heterocycles. The number of nitrogens with two attached hydrogens (primary N) is 1. The maximum Gasteiger partial charge on any atom is 0.405 e. The Morgan fingerprint density at radius 1 is 1.03 bits per heavy atom. The Labute approximate surface area is 175 Å². The van der Waals surface area contributed by atoms with Gasteiger partial charge in [0.15, 0.2) is 6.10 Å². The fourth-order valence-electron chi connectivity index (χ4n) is 2.74. The van der Waals surface area contributed by atoms with Crippen LogP contribution in [0.5, 0.6) is 0 Å². The van der Waals surface area contributed by atoms with E-state index in [0.29, 0.717) is 12.0 Å². The molecule has 0 heterocycles. The van der Waals surface area contributed by atoms with Crippen LogP contribution in [-0.2, 0) is 27.3 Å². The molecule has 2 aromatic rings. The highest BCUT2D eigenvalue weighted by Gasteiger charge is 2.25. The molecule has 0 spiro atoms. The van der Waals surface area contributed by atoms with E-state index < -0.39 is 30.1 Å². The van der Waals surface area contributed by atoms with Crippen LogP contribution in [0.2, 0.25) is 0 Å². The van der Waals surface area contributed by atoms with E-state index in [1.54, 1.807) is 24.3 Å². The highest BCUT2D eigenvalue weighted by molar-refractivity contribution is 5.89. The average Bonchev–Trinajstić information content (AvgIpc) is 2.75. The summed E-state index contributed by atoms with van der Waals surface area (Å²) in [6.07, 6.45) is -1.42. The van der Waals surface area contributed by atoms with Crippen molar-refractivity contribution in [1.82, 2.24) is 10.6 Å². The first-order valence-corrected chi connectivity index (χ1v) is 9.46. The molecule has 30 heavy (non-hydrogen) atoms. The number of hydrogen-bond donors (Lipinski definition) is 3. The normalized spacial score (nSPS) is 12.1. The van der Waals surface area contributed by atoms with Crippen LogP contribution in [0.25, 0.3) is 0 Å². The molecule has 0 saturated heterocycles. The molecule has 0 radical (unpaired) electrons. The predicted octanol–water partition coefficient (Wildman–Crippen LogP) is 1.78. The molecule has 0 aliphatic carbocycles. The van der Waals surface area contributed by atoms with E-state index in [1.807, 2.05) is 36.4 Å². The smallest absolute Gasteiger partial charge is 0.405 e. The van der Waals surface area contributed by atoms with E-state index >= 15 is 0 Å². The van der Waals surface area contributed by atoms with Crippen molar-refractivity contribution >= 4 is 17.9 Å². The van der Waals surface area contributed by atoms with Crippen molar-refractivity contribution in [1.29, 1.82) is 5.26 Å². The molecule has 2 atom stereocenters. The second-order valence-corrected chi connectivity index (χ2v) is 6.71. The fraction of sp³-hybridized carbons (Fsp3) is 0.273. The summed E-state index contributed by atoms with van der Waals surface area (Å²) in [6, 6.07) is 17.4. The first-order chi connectivity index (χ1) is 14.4. The Kier molecular flexibility index (Phi) is 8.39. The van der Waals surface area contributed by atoms with Crippen LogP contribution >= 0.6 is 0 Å². The van der Waals surface area contributed by atoms with Crippen LogP contribution in [0.1, 0.15) is 30.0 Å². The number of nitrogens with one attached hydrogen (secondary N) is 2. The highest BCUT2D eigenvalue weighted by Crippen LogP contribution is 2.09. The van der Waals surface area contributed by atoms with Crippen LogP contribution < -0.4 is 16.4 Å². The first kappa shape index (κ1) is 22.4. The number of primary amides is 1. The van der Waals surface area contributed by atoms with E-state index in [1.165, 1.54) is 6.92 Å². The molecule has 2 unspecified atom stereocenters. The van der Waals surface area contributed by atoms with E-state index in [-0.39, 0.29) is 13.0 Å². The van der Waals surface area contributed by atoms with Crippen molar-refractivity contribution in [3.8, 4) is 6.07 Å². The summed E-state index contributed by atoms with van der Waals surface area (Å²) in [4.78, 5) is 36.0. The van der Waals surface area contributed by atoms with Gasteiger partial charge in [0, 0.05) is 6.54 Å². The fourth-order valence-corrected chi connectivity index (χ4v) is 2.74. The third-order valence-electron chi connectivity index (χ3n) is 4.39. The molecule has 0 saturated carbocycles. The van der Waals surface area contributed by atoms with E-state index in [4.69, 9.17) is 15.7 Å². The lowest BCUT2D eigenvalue weighted by molar-refractivity contribution is -0.134. The number of ether oxygens (including phenoxy) is 1. The summed E-state index contributed by atoms with van der Waals surface area (Å²) < 4.78 is 4.93. The molecule has 3 amide bonds. The van der Waals surface area contributed by atoms with Gasteiger partial charge in [-0.15, -0.1) is 0 Å². The average molecular weight is 408 g/mol. The minimum Gasteiger partial charge on any atom is -0.436 e. The summed E-state index contributed by atoms with van der Waals surface area (Å²) in [5.41, 5.74) is 7.41. The lowest BCUT2D eigenvalue weighted by Gasteiger charge is -2.20. The second kappa shape index (κ2) is 11.2. The number of nitrogens with zero attached hydrogens (tertiary/aromatic N) is 1. The van der Waals surface area contributed by atoms with Crippen molar-refractivity contribution in [2.75, 3.05) is 0 Å². The standard InChI is InChI=1S/C22H24N4O4/c1-15(20(27)25-14-18-9-7-17(13-23)8-10-18)26-21(28)19(30-22(24)29)12-11-16-5-3-2-4-6-16/h2-10,15,19H,11-12,14H2,1H3,(H2,24,29)(H,25,27)(H,26,28). The summed E-state index contributed by atoms with van der Waals surface area (Å²) in [5.74, 6) is -0.987. The van der Waals surface area contributed by atoms with Crippen LogP contribution in [0.4, 0.5) is 4.79 Å². The van der Waals surface area contributed by atoms with Gasteiger partial charge in [0.05, 0.1) is 11.6 Å². The Morgan fingerprint density at radius 2 is 1.70 bits per heavy atom. The van der Waals surface area contributed by atoms with Crippen LogP contribution in [-0.4, -0.2) is 30.1 Å². The number of amides is 3. The number of rotatable bonds is 9. The van der Waals surface area contributed by atoms with Crippen molar-refractivity contribution in [2.24, 2.45) is 5.73 Å². The van der Waals surface area contributed by atoms with Crippen LogP contribution in [0.3, 0.4) is 0 Å². The van der Waals surface area contributed by atoms with Gasteiger partial charge in [-0.05, 0) is 43.0 Å². The zero-order chi connectivity index (χ0) is 21.9. The van der Waals surface area contributed by atoms with E-state index in [9.17, 15) is 14.4 Å². The molecule has 8 heteroatoms. The summed E-state index contributed by atoms with van der Waals surface area (Å²) in [6.45, 7) is 1.78. The lowest BCUT2D eigenvalue weighted by atomic mass is 10.1. The molecule has 2 rings (SSSR count). The third kappa shape index (κ3) is 7.28. The Hall–Kier alpha value is -3.86. The largest absolute Gasteiger partial charge is 0.436 e. The van der Waals surface area contributed by atoms with Gasteiger partial charge in [-0.3, -0.25) is 9.59 Å². The number of carbonyl (C=O) groups excluding carboxylic acids is 3. The lowest BCUT2D eigenvalue weighted by Crippen LogP contribution is -2.49. The minimum absolute atomic E-state index is 0.234. The van der Waals surface area contributed by atoms with Crippen molar-refractivity contribution in [3.63, 3.8) is 0 Å². The first-order valence-electron chi connectivity index (χ1n) is 9.46. The molecule has 8 nitrogen and oxygen atoms in total. The topological polar surface area (TPSA) is 134 Å². The van der Waals surface area contributed by atoms with Crippen LogP contribution in [0.15, 0.2) is 54.6 Å². The maximum atomic E-state index is 12.5. The molecule has 2 aromatic carbocycles. The van der Waals surface area contributed by atoms with E-state index in [0.717, 1.165) is 11.1 Å². The Bertz CT molecular complexity index is 907. The Balaban J connectivity index is 1.88. The molecular weight excluding hydrogens is 384 g/mol. The summed E-state index contributed by atoms with van der Waals surface area (Å²) >= 11 is 0. The number of nitriles is 1. The molecule has 0 aliphatic heterocycles. The number of aryl methyl sites for hydroxylation is 1. The van der Waals surface area contributed by atoms with Gasteiger partial charge in [-0.1, -0.05) is 42.5 Å². The molecule has 156 valence electrons. The SMILES string of the molecule is CC(NC(=O)C(CCc1ccccc1)OC(N)=O)C(=O)NCc1ccc(C#N)cc1. The van der Waals surface area contributed by atoms with Gasteiger partial charge in [-0.2, -0.15) is 5.26 Å². The quantitative estimate of drug-likeness (QED) is 0.581. The number of hydrogen-bond acceptors (Lipinski definition) is 5. The van der Waals surface area contributed by atoms with Crippen molar-refractivity contribution in [3.05, 3.63) is 71.3 Å². The van der Waals surface area contributed by atoms with Crippen LogP contribution in [0, 0.1) is 11.3 Å². The van der Waals surface area contributed by atoms with Crippen molar-refractivity contribution in [2.45, 2.75) is 38.5 Å². The number of benzene rings is 2. The minimum atomic E-state index is -1.10. The van der Waals surface area contributed by atoms with Gasteiger partial charge >= 0.3 is 6.09 Å². The maximum absolute atomic E-state index is 12.5. The van der Waals surface area contributed by atoms with Gasteiger partial charge in [0.25, 0.3) is 5.91 Å². The molecule has 0 bridgehead atoms. The zero-order valence-corrected chi connectivity index (χ0v) is 16.6. The van der Waals surface area contributed by atoms with E-state index in [2.05, 4.69) is 10.6 Å². The third-order valence-corrected chi connectivity index (χ3v) is 4.39. The second-order valence-electron chi connectivity index (χ2n) is 6.71. The molecule has 0 aliphatic rings. The Morgan fingerprint density at radius 3 is 2.30 bits per heavy atom. The van der Waals surface area contributed by atoms with Crippen molar-refractivity contribution < 1.29 is 19.1 Å². The van der Waals surface area contributed by atoms with Gasteiger partial charge in [-0.25, -0.2) is 4.79 Å². The van der Waals surface area contributed by atoms with Gasteiger partial charge in [0.2, 0.25) is 5.91 Å². The monoisotopic (exact) mass is 408 g/mol. The highest BCUT2D eigenvalue weighted by atomic mass is 16.6. The molecular formula is C22H24N4O4. The number of carbonyl (C=O) groups is 3. The molecule has 4 N–H and O–H groups in total. The van der Waals surface area contributed by atoms with Gasteiger partial charge in [0.1, 0.15) is 6.04 Å². The zero-order valence-electron chi connectivity index (χ0n) is 16.6.